The van der Waals surface area contributed by atoms with Crippen molar-refractivity contribution in [3.8, 4) is 11.5 Å². The van der Waals surface area contributed by atoms with Crippen molar-refractivity contribution in [3.05, 3.63) is 59.9 Å². The van der Waals surface area contributed by atoms with E-state index in [1.807, 2.05) is 30.3 Å². The molecule has 0 fully saturated rings. The van der Waals surface area contributed by atoms with Crippen LogP contribution in [-0.2, 0) is 6.54 Å². The summed E-state index contributed by atoms with van der Waals surface area (Å²) in [5.41, 5.74) is 1.32. The second-order valence-corrected chi connectivity index (χ2v) is 5.51. The van der Waals surface area contributed by atoms with Gasteiger partial charge in [0.05, 0.1) is 20.8 Å². The van der Waals surface area contributed by atoms with E-state index >= 15 is 0 Å². The number of hydrogen-bond donors (Lipinski definition) is 0. The van der Waals surface area contributed by atoms with Crippen LogP contribution in [0, 0.1) is 0 Å². The Morgan fingerprint density at radius 1 is 1.04 bits per heavy atom. The fourth-order valence-electron chi connectivity index (χ4n) is 2.57. The van der Waals surface area contributed by atoms with Crippen molar-refractivity contribution >= 4 is 16.9 Å². The molecule has 0 bridgehead atoms. The smallest absolute Gasteiger partial charge is 0.254 e. The number of fused-ring (bicyclic) bond motifs is 1. The van der Waals surface area contributed by atoms with E-state index in [-0.39, 0.29) is 5.91 Å². The van der Waals surface area contributed by atoms with Gasteiger partial charge in [-0.25, -0.2) is 0 Å². The van der Waals surface area contributed by atoms with E-state index < -0.39 is 0 Å². The summed E-state index contributed by atoms with van der Waals surface area (Å²) in [6, 6.07) is 14.8. The quantitative estimate of drug-likeness (QED) is 0.717. The van der Waals surface area contributed by atoms with Crippen LogP contribution in [0.1, 0.15) is 16.1 Å². The van der Waals surface area contributed by atoms with Gasteiger partial charge in [-0.3, -0.25) is 4.79 Å². The van der Waals surface area contributed by atoms with Gasteiger partial charge in [0.1, 0.15) is 22.8 Å². The van der Waals surface area contributed by atoms with Crippen molar-refractivity contribution in [3.63, 3.8) is 0 Å². The fraction of sp³-hybridized carbons (Fsp3) is 0.211. The zero-order valence-corrected chi connectivity index (χ0v) is 13.9. The standard InChI is InChI=1S/C19H19NO4/c1-20(12-17-8-13-6-4-5-7-18(13)24-17)19(21)14-9-15(22-2)11-16(10-14)23-3/h4-11H,12H2,1-3H3. The summed E-state index contributed by atoms with van der Waals surface area (Å²) in [7, 11) is 4.85. The molecule has 24 heavy (non-hydrogen) atoms. The van der Waals surface area contributed by atoms with Crippen LogP contribution in [0.4, 0.5) is 0 Å². The predicted molar refractivity (Wildman–Crippen MR) is 91.6 cm³/mol. The summed E-state index contributed by atoms with van der Waals surface area (Å²) in [5, 5.41) is 1.02. The molecule has 0 N–H and O–H groups in total. The maximum atomic E-state index is 12.7. The van der Waals surface area contributed by atoms with Crippen LogP contribution in [0.2, 0.25) is 0 Å². The highest BCUT2D eigenvalue weighted by atomic mass is 16.5. The second kappa shape index (κ2) is 6.66. The number of methoxy groups -OCH3 is 2. The van der Waals surface area contributed by atoms with Gasteiger partial charge in [0.25, 0.3) is 5.91 Å². The minimum atomic E-state index is -0.132. The van der Waals surface area contributed by atoms with Crippen LogP contribution >= 0.6 is 0 Å². The molecular weight excluding hydrogens is 306 g/mol. The van der Waals surface area contributed by atoms with Gasteiger partial charge in [-0.15, -0.1) is 0 Å². The lowest BCUT2D eigenvalue weighted by Gasteiger charge is -2.17. The third kappa shape index (κ3) is 3.20. The first-order chi connectivity index (χ1) is 11.6. The van der Waals surface area contributed by atoms with Crippen molar-refractivity contribution in [2.75, 3.05) is 21.3 Å². The molecule has 5 nitrogen and oxygen atoms in total. The first-order valence-corrected chi connectivity index (χ1v) is 7.56. The van der Waals surface area contributed by atoms with Gasteiger partial charge in [0.15, 0.2) is 0 Å². The van der Waals surface area contributed by atoms with E-state index in [0.717, 1.165) is 16.7 Å². The molecule has 1 aromatic heterocycles. The van der Waals surface area contributed by atoms with Gasteiger partial charge < -0.3 is 18.8 Å². The molecule has 124 valence electrons. The van der Waals surface area contributed by atoms with Gasteiger partial charge in [-0.05, 0) is 24.3 Å². The van der Waals surface area contributed by atoms with E-state index in [2.05, 4.69) is 0 Å². The molecule has 1 amide bonds. The number of rotatable bonds is 5. The van der Waals surface area contributed by atoms with Crippen LogP contribution < -0.4 is 9.47 Å². The molecule has 0 unspecified atom stereocenters. The average Bonchev–Trinajstić information content (AvgIpc) is 3.02. The van der Waals surface area contributed by atoms with Crippen LogP contribution in [0.3, 0.4) is 0 Å². The van der Waals surface area contributed by atoms with Gasteiger partial charge in [0.2, 0.25) is 0 Å². The highest BCUT2D eigenvalue weighted by molar-refractivity contribution is 5.95. The molecule has 0 radical (unpaired) electrons. The minimum absolute atomic E-state index is 0.132. The Balaban J connectivity index is 1.81. The van der Waals surface area contributed by atoms with Crippen LogP contribution in [-0.4, -0.2) is 32.1 Å². The highest BCUT2D eigenvalue weighted by Crippen LogP contribution is 2.24. The zero-order valence-electron chi connectivity index (χ0n) is 13.9. The number of benzene rings is 2. The lowest BCUT2D eigenvalue weighted by molar-refractivity contribution is 0.0775. The molecule has 5 heteroatoms. The van der Waals surface area contributed by atoms with Gasteiger partial charge in [-0.2, -0.15) is 0 Å². The molecule has 0 aliphatic carbocycles. The third-order valence-electron chi connectivity index (χ3n) is 3.81. The zero-order chi connectivity index (χ0) is 17.1. The van der Waals surface area contributed by atoms with Crippen molar-refractivity contribution in [2.24, 2.45) is 0 Å². The molecule has 0 spiro atoms. The molecule has 3 rings (SSSR count). The number of furan rings is 1. The second-order valence-electron chi connectivity index (χ2n) is 5.51. The molecule has 2 aromatic carbocycles. The normalized spacial score (nSPS) is 10.6. The molecule has 0 aliphatic rings. The Bertz CT molecular complexity index is 813. The average molecular weight is 325 g/mol. The number of amides is 1. The Kier molecular flexibility index (Phi) is 4.42. The van der Waals surface area contributed by atoms with Crippen molar-refractivity contribution in [1.82, 2.24) is 4.90 Å². The monoisotopic (exact) mass is 325 g/mol. The summed E-state index contributed by atoms with van der Waals surface area (Å²) >= 11 is 0. The van der Waals surface area contributed by atoms with Crippen molar-refractivity contribution in [2.45, 2.75) is 6.54 Å². The van der Waals surface area contributed by atoms with Gasteiger partial charge in [0, 0.05) is 24.1 Å². The first-order valence-electron chi connectivity index (χ1n) is 7.56. The Hall–Kier alpha value is -2.95. The maximum absolute atomic E-state index is 12.7. The van der Waals surface area contributed by atoms with Crippen LogP contribution in [0.25, 0.3) is 11.0 Å². The Labute approximate surface area is 140 Å². The summed E-state index contributed by atoms with van der Waals surface area (Å²) in [4.78, 5) is 14.3. The summed E-state index contributed by atoms with van der Waals surface area (Å²) < 4.78 is 16.2. The van der Waals surface area contributed by atoms with E-state index in [1.54, 1.807) is 44.4 Å². The minimum Gasteiger partial charge on any atom is -0.497 e. The number of ether oxygens (including phenoxy) is 2. The van der Waals surface area contributed by atoms with Crippen LogP contribution in [0.15, 0.2) is 52.9 Å². The van der Waals surface area contributed by atoms with E-state index in [1.165, 1.54) is 0 Å². The number of carbonyl (C=O) groups excluding carboxylic acids is 1. The van der Waals surface area contributed by atoms with Crippen molar-refractivity contribution < 1.29 is 18.7 Å². The molecule has 3 aromatic rings. The highest BCUT2D eigenvalue weighted by Gasteiger charge is 2.16. The summed E-state index contributed by atoms with van der Waals surface area (Å²) in [5.74, 6) is 1.76. The Morgan fingerprint density at radius 2 is 1.71 bits per heavy atom. The van der Waals surface area contributed by atoms with Crippen molar-refractivity contribution in [1.29, 1.82) is 0 Å². The molecule has 1 heterocycles. The molecule has 0 saturated carbocycles. The van der Waals surface area contributed by atoms with E-state index in [4.69, 9.17) is 13.9 Å². The van der Waals surface area contributed by atoms with Gasteiger partial charge in [-0.1, -0.05) is 18.2 Å². The summed E-state index contributed by atoms with van der Waals surface area (Å²) in [6.07, 6.45) is 0. The number of hydrogen-bond acceptors (Lipinski definition) is 4. The fourth-order valence-corrected chi connectivity index (χ4v) is 2.57. The number of nitrogens with zero attached hydrogens (tertiary/aromatic N) is 1. The molecule has 0 atom stereocenters. The molecule has 0 saturated heterocycles. The topological polar surface area (TPSA) is 51.9 Å². The lowest BCUT2D eigenvalue weighted by Crippen LogP contribution is -2.26. The largest absolute Gasteiger partial charge is 0.497 e. The van der Waals surface area contributed by atoms with Gasteiger partial charge >= 0.3 is 0 Å². The number of para-hydroxylation sites is 1. The third-order valence-corrected chi connectivity index (χ3v) is 3.81. The summed E-state index contributed by atoms with van der Waals surface area (Å²) in [6.45, 7) is 0.382. The first kappa shape index (κ1) is 15.9. The molecular formula is C19H19NO4. The predicted octanol–water partition coefficient (Wildman–Crippen LogP) is 3.72. The lowest BCUT2D eigenvalue weighted by atomic mass is 10.1. The van der Waals surface area contributed by atoms with E-state index in [9.17, 15) is 4.79 Å². The molecule has 0 aliphatic heterocycles. The van der Waals surface area contributed by atoms with E-state index in [0.29, 0.717) is 23.6 Å². The number of carbonyl (C=O) groups is 1. The Morgan fingerprint density at radius 3 is 2.33 bits per heavy atom. The maximum Gasteiger partial charge on any atom is 0.254 e. The SMILES string of the molecule is COc1cc(OC)cc(C(=O)N(C)Cc2cc3ccccc3o2)c1. The van der Waals surface area contributed by atoms with Crippen LogP contribution in [0.5, 0.6) is 11.5 Å².